The Hall–Kier alpha value is -3.03. The number of fused-ring (bicyclic) bond motifs is 1. The van der Waals surface area contributed by atoms with E-state index in [2.05, 4.69) is 15.8 Å². The highest BCUT2D eigenvalue weighted by molar-refractivity contribution is 6.07. The van der Waals surface area contributed by atoms with Crippen LogP contribution in [0.25, 0.3) is 0 Å². The minimum absolute atomic E-state index is 0.0575. The van der Waals surface area contributed by atoms with E-state index < -0.39 is 5.91 Å². The Morgan fingerprint density at radius 3 is 3.00 bits per heavy atom. The maximum absolute atomic E-state index is 12.1. The van der Waals surface area contributed by atoms with Crippen LogP contribution in [0, 0.1) is 6.92 Å². The molecule has 4 N–H and O–H groups in total. The van der Waals surface area contributed by atoms with Gasteiger partial charge in [-0.15, -0.1) is 0 Å². The van der Waals surface area contributed by atoms with Gasteiger partial charge >= 0.3 is 0 Å². The van der Waals surface area contributed by atoms with Crippen molar-refractivity contribution in [3.63, 3.8) is 0 Å². The lowest BCUT2D eigenvalue weighted by Gasteiger charge is -2.20. The van der Waals surface area contributed by atoms with Gasteiger partial charge in [-0.05, 0) is 13.0 Å². The van der Waals surface area contributed by atoms with Crippen molar-refractivity contribution in [2.24, 2.45) is 0 Å². The number of hydrogen-bond acceptors (Lipinski definition) is 6. The van der Waals surface area contributed by atoms with Gasteiger partial charge in [-0.1, -0.05) is 5.16 Å². The molecule has 0 saturated carbocycles. The first-order valence-electron chi connectivity index (χ1n) is 6.13. The van der Waals surface area contributed by atoms with Crippen LogP contribution in [0.15, 0.2) is 22.9 Å². The number of aromatic nitrogens is 1. The number of rotatable bonds is 2. The van der Waals surface area contributed by atoms with Crippen LogP contribution in [0.2, 0.25) is 0 Å². The van der Waals surface area contributed by atoms with E-state index >= 15 is 0 Å². The van der Waals surface area contributed by atoms with Crippen molar-refractivity contribution in [2.45, 2.75) is 6.92 Å². The topological polar surface area (TPSA) is 119 Å². The van der Waals surface area contributed by atoms with E-state index in [-0.39, 0.29) is 12.5 Å². The Morgan fingerprint density at radius 2 is 2.29 bits per heavy atom. The SMILES string of the molecule is Cc1oncc1C(=O)Nc1cc2c(cc1N)OCC(=O)N2. The third-order valence-corrected chi connectivity index (χ3v) is 3.03. The third kappa shape index (κ3) is 2.38. The molecule has 3 rings (SSSR count). The first kappa shape index (κ1) is 13.0. The number of carbonyl (C=O) groups excluding carboxylic acids is 2. The second kappa shape index (κ2) is 4.82. The molecule has 21 heavy (non-hydrogen) atoms. The summed E-state index contributed by atoms with van der Waals surface area (Å²) in [6.45, 7) is 1.57. The van der Waals surface area contributed by atoms with Crippen LogP contribution in [0.3, 0.4) is 0 Å². The van der Waals surface area contributed by atoms with Crippen molar-refractivity contribution in [3.8, 4) is 5.75 Å². The fourth-order valence-corrected chi connectivity index (χ4v) is 1.96. The van der Waals surface area contributed by atoms with E-state index in [0.29, 0.717) is 34.1 Å². The fraction of sp³-hybridized carbons (Fsp3) is 0.154. The van der Waals surface area contributed by atoms with Crippen LogP contribution >= 0.6 is 0 Å². The second-order valence-electron chi connectivity index (χ2n) is 4.52. The first-order valence-corrected chi connectivity index (χ1v) is 6.13. The minimum Gasteiger partial charge on any atom is -0.482 e. The molecule has 1 aromatic heterocycles. The molecule has 2 aromatic rings. The van der Waals surface area contributed by atoms with Gasteiger partial charge in [-0.2, -0.15) is 0 Å². The molecule has 8 nitrogen and oxygen atoms in total. The summed E-state index contributed by atoms with van der Waals surface area (Å²) in [5.41, 5.74) is 7.33. The van der Waals surface area contributed by atoms with Crippen molar-refractivity contribution < 1.29 is 18.8 Å². The van der Waals surface area contributed by atoms with E-state index in [0.717, 1.165) is 0 Å². The predicted molar refractivity (Wildman–Crippen MR) is 74.2 cm³/mol. The van der Waals surface area contributed by atoms with Gasteiger partial charge in [-0.25, -0.2) is 0 Å². The molecule has 0 aliphatic carbocycles. The predicted octanol–water partition coefficient (Wildman–Crippen LogP) is 1.15. The van der Waals surface area contributed by atoms with Crippen molar-refractivity contribution in [3.05, 3.63) is 29.7 Å². The van der Waals surface area contributed by atoms with Crippen molar-refractivity contribution in [1.29, 1.82) is 0 Å². The number of carbonyl (C=O) groups is 2. The lowest BCUT2D eigenvalue weighted by molar-refractivity contribution is -0.118. The molecule has 0 spiro atoms. The summed E-state index contributed by atoms with van der Waals surface area (Å²) < 4.78 is 10.1. The number of anilines is 3. The number of nitrogens with one attached hydrogen (secondary N) is 2. The number of ether oxygens (including phenoxy) is 1. The molecule has 0 bridgehead atoms. The Balaban J connectivity index is 1.89. The van der Waals surface area contributed by atoms with Gasteiger partial charge in [0, 0.05) is 6.07 Å². The van der Waals surface area contributed by atoms with Gasteiger partial charge in [0.2, 0.25) is 0 Å². The lowest BCUT2D eigenvalue weighted by Crippen LogP contribution is -2.25. The van der Waals surface area contributed by atoms with Crippen LogP contribution in [0.5, 0.6) is 5.75 Å². The number of nitrogens with zero attached hydrogens (tertiary/aromatic N) is 1. The zero-order valence-electron chi connectivity index (χ0n) is 11.1. The summed E-state index contributed by atoms with van der Waals surface area (Å²) in [5, 5.41) is 8.84. The number of nitrogens with two attached hydrogens (primary N) is 1. The van der Waals surface area contributed by atoms with E-state index in [1.807, 2.05) is 0 Å². The number of hydrogen-bond donors (Lipinski definition) is 3. The van der Waals surface area contributed by atoms with Crippen molar-refractivity contribution >= 4 is 28.9 Å². The summed E-state index contributed by atoms with van der Waals surface area (Å²) in [4.78, 5) is 23.4. The average molecular weight is 288 g/mol. The highest BCUT2D eigenvalue weighted by Crippen LogP contribution is 2.35. The normalized spacial score (nSPS) is 13.1. The Labute approximate surface area is 119 Å². The summed E-state index contributed by atoms with van der Waals surface area (Å²) in [7, 11) is 0. The average Bonchev–Trinajstić information content (AvgIpc) is 2.86. The van der Waals surface area contributed by atoms with Crippen LogP contribution in [-0.4, -0.2) is 23.6 Å². The second-order valence-corrected chi connectivity index (χ2v) is 4.52. The molecule has 1 aliphatic rings. The van der Waals surface area contributed by atoms with Gasteiger partial charge in [0.05, 0.1) is 23.3 Å². The Bertz CT molecular complexity index is 738. The number of aryl methyl sites for hydroxylation is 1. The molecule has 2 amide bonds. The molecule has 1 aromatic carbocycles. The van der Waals surface area contributed by atoms with Crippen LogP contribution in [0.4, 0.5) is 17.1 Å². The summed E-state index contributed by atoms with van der Waals surface area (Å²) >= 11 is 0. The van der Waals surface area contributed by atoms with Crippen molar-refractivity contribution in [2.75, 3.05) is 23.0 Å². The highest BCUT2D eigenvalue weighted by atomic mass is 16.5. The molecule has 0 radical (unpaired) electrons. The number of amides is 2. The van der Waals surface area contributed by atoms with Crippen LogP contribution in [0.1, 0.15) is 16.1 Å². The molecule has 1 aliphatic heterocycles. The zero-order chi connectivity index (χ0) is 15.0. The largest absolute Gasteiger partial charge is 0.482 e. The molecule has 2 heterocycles. The fourth-order valence-electron chi connectivity index (χ4n) is 1.96. The van der Waals surface area contributed by atoms with Gasteiger partial charge in [-0.3, -0.25) is 9.59 Å². The zero-order valence-corrected chi connectivity index (χ0v) is 11.1. The summed E-state index contributed by atoms with van der Waals surface area (Å²) in [6, 6.07) is 3.09. The molecule has 0 fully saturated rings. The smallest absolute Gasteiger partial charge is 0.262 e. The maximum atomic E-state index is 12.1. The molecule has 108 valence electrons. The first-order chi connectivity index (χ1) is 10.0. The Morgan fingerprint density at radius 1 is 1.48 bits per heavy atom. The quantitative estimate of drug-likeness (QED) is 0.713. The summed E-state index contributed by atoms with van der Waals surface area (Å²) in [5.74, 6) is 0.204. The molecular formula is C13H12N4O4. The lowest BCUT2D eigenvalue weighted by atomic mass is 10.2. The Kier molecular flexibility index (Phi) is 2.98. The minimum atomic E-state index is -0.400. The van der Waals surface area contributed by atoms with Gasteiger partial charge in [0.15, 0.2) is 6.61 Å². The van der Waals surface area contributed by atoms with Gasteiger partial charge in [0.1, 0.15) is 17.1 Å². The van der Waals surface area contributed by atoms with E-state index in [9.17, 15) is 9.59 Å². The summed E-state index contributed by atoms with van der Waals surface area (Å²) in [6.07, 6.45) is 1.32. The van der Waals surface area contributed by atoms with Gasteiger partial charge < -0.3 is 25.6 Å². The third-order valence-electron chi connectivity index (χ3n) is 3.03. The van der Waals surface area contributed by atoms with Gasteiger partial charge in [0.25, 0.3) is 11.8 Å². The van der Waals surface area contributed by atoms with E-state index in [1.54, 1.807) is 19.1 Å². The molecule has 0 saturated heterocycles. The number of nitrogen functional groups attached to an aromatic ring is 1. The molecule has 0 unspecified atom stereocenters. The van der Waals surface area contributed by atoms with Crippen LogP contribution in [-0.2, 0) is 4.79 Å². The maximum Gasteiger partial charge on any atom is 0.262 e. The standard InChI is InChI=1S/C13H12N4O4/c1-6-7(4-15-21-6)13(19)17-9-3-10-11(2-8(9)14)20-5-12(18)16-10/h2-4H,5,14H2,1H3,(H,16,18)(H,17,19). The molecule has 8 heteroatoms. The highest BCUT2D eigenvalue weighted by Gasteiger charge is 2.20. The number of benzene rings is 1. The van der Waals surface area contributed by atoms with E-state index in [4.69, 9.17) is 15.0 Å². The molecular weight excluding hydrogens is 276 g/mol. The van der Waals surface area contributed by atoms with Crippen LogP contribution < -0.4 is 21.1 Å². The molecule has 0 atom stereocenters. The monoisotopic (exact) mass is 288 g/mol. The van der Waals surface area contributed by atoms with Crippen molar-refractivity contribution in [1.82, 2.24) is 5.16 Å². The van der Waals surface area contributed by atoms with E-state index in [1.165, 1.54) is 6.20 Å².